The first-order chi connectivity index (χ1) is 12.2. The molecule has 4 rings (SSSR count). The Morgan fingerprint density at radius 2 is 1.92 bits per heavy atom. The predicted molar refractivity (Wildman–Crippen MR) is 101 cm³/mol. The summed E-state index contributed by atoms with van der Waals surface area (Å²) in [6, 6.07) is 17.1. The molecular weight excluding hydrogens is 336 g/mol. The Kier molecular flexibility index (Phi) is 3.90. The third-order valence-corrected chi connectivity index (χ3v) is 4.42. The van der Waals surface area contributed by atoms with Crippen LogP contribution < -0.4 is 5.32 Å². The van der Waals surface area contributed by atoms with E-state index in [-0.39, 0.29) is 5.91 Å². The molecule has 0 radical (unpaired) electrons. The summed E-state index contributed by atoms with van der Waals surface area (Å²) in [6.07, 6.45) is 0.429. The summed E-state index contributed by atoms with van der Waals surface area (Å²) in [7, 11) is 0. The van der Waals surface area contributed by atoms with Gasteiger partial charge in [0.1, 0.15) is 5.52 Å². The molecule has 0 aliphatic rings. The van der Waals surface area contributed by atoms with Crippen molar-refractivity contribution in [3.63, 3.8) is 0 Å². The van der Waals surface area contributed by atoms with E-state index in [4.69, 9.17) is 16.0 Å². The standard InChI is InChI=1S/C20H15ClN2O2/c1-2-19(24)22-12-9-10-18-17(11-12)23-20(25-18)15-7-3-6-14-13(15)5-4-8-16(14)21/h3-11H,2H2,1H3,(H,22,24). The lowest BCUT2D eigenvalue weighted by Crippen LogP contribution is -2.08. The van der Waals surface area contributed by atoms with E-state index in [1.165, 1.54) is 0 Å². The number of carbonyl (C=O) groups excluding carboxylic acids is 1. The summed E-state index contributed by atoms with van der Waals surface area (Å²) < 4.78 is 5.92. The first-order valence-corrected chi connectivity index (χ1v) is 8.41. The van der Waals surface area contributed by atoms with Crippen LogP contribution in [0.4, 0.5) is 5.69 Å². The van der Waals surface area contributed by atoms with Crippen LogP contribution in [0.5, 0.6) is 0 Å². The van der Waals surface area contributed by atoms with Crippen LogP contribution >= 0.6 is 11.6 Å². The number of hydrogen-bond donors (Lipinski definition) is 1. The highest BCUT2D eigenvalue weighted by molar-refractivity contribution is 6.35. The number of fused-ring (bicyclic) bond motifs is 2. The summed E-state index contributed by atoms with van der Waals surface area (Å²) in [5, 5.41) is 5.47. The van der Waals surface area contributed by atoms with Gasteiger partial charge in [0.15, 0.2) is 5.58 Å². The second-order valence-electron chi connectivity index (χ2n) is 5.74. The number of oxazole rings is 1. The quantitative estimate of drug-likeness (QED) is 0.519. The van der Waals surface area contributed by atoms with E-state index < -0.39 is 0 Å². The molecule has 4 nitrogen and oxygen atoms in total. The van der Waals surface area contributed by atoms with Gasteiger partial charge in [-0.05, 0) is 35.7 Å². The average molecular weight is 351 g/mol. The molecule has 0 bridgehead atoms. The Morgan fingerprint density at radius 1 is 1.12 bits per heavy atom. The molecule has 0 aliphatic carbocycles. The first kappa shape index (κ1) is 15.7. The Balaban J connectivity index is 1.83. The maximum Gasteiger partial charge on any atom is 0.227 e. The van der Waals surface area contributed by atoms with Crippen LogP contribution in [0.15, 0.2) is 59.0 Å². The third kappa shape index (κ3) is 2.85. The van der Waals surface area contributed by atoms with Crippen LogP contribution in [0.25, 0.3) is 33.3 Å². The largest absolute Gasteiger partial charge is 0.436 e. The number of halogens is 1. The van der Waals surface area contributed by atoms with E-state index in [1.54, 1.807) is 0 Å². The lowest BCUT2D eigenvalue weighted by Gasteiger charge is -2.04. The van der Waals surface area contributed by atoms with Crippen LogP contribution in [0.2, 0.25) is 5.02 Å². The van der Waals surface area contributed by atoms with Gasteiger partial charge in [-0.3, -0.25) is 4.79 Å². The van der Waals surface area contributed by atoms with Gasteiger partial charge in [-0.2, -0.15) is 0 Å². The summed E-state index contributed by atoms with van der Waals surface area (Å²) in [5.41, 5.74) is 2.96. The molecule has 0 saturated heterocycles. The monoisotopic (exact) mass is 350 g/mol. The smallest absolute Gasteiger partial charge is 0.227 e. The first-order valence-electron chi connectivity index (χ1n) is 8.04. The minimum atomic E-state index is -0.0354. The number of carbonyl (C=O) groups is 1. The van der Waals surface area contributed by atoms with Crippen molar-refractivity contribution >= 4 is 45.1 Å². The number of nitrogens with one attached hydrogen (secondary N) is 1. The Labute approximate surface area is 149 Å². The highest BCUT2D eigenvalue weighted by Crippen LogP contribution is 2.33. The molecule has 1 aromatic heterocycles. The van der Waals surface area contributed by atoms with E-state index >= 15 is 0 Å². The summed E-state index contributed by atoms with van der Waals surface area (Å²) >= 11 is 6.29. The number of anilines is 1. The van der Waals surface area contributed by atoms with Gasteiger partial charge in [0.05, 0.1) is 0 Å². The summed E-state index contributed by atoms with van der Waals surface area (Å²) in [6.45, 7) is 1.81. The number of aromatic nitrogens is 1. The molecule has 0 atom stereocenters. The minimum absolute atomic E-state index is 0.0354. The number of nitrogens with zero attached hydrogens (tertiary/aromatic N) is 1. The second kappa shape index (κ2) is 6.22. The third-order valence-electron chi connectivity index (χ3n) is 4.09. The van der Waals surface area contributed by atoms with Crippen LogP contribution in [0, 0.1) is 0 Å². The van der Waals surface area contributed by atoms with Gasteiger partial charge in [0, 0.05) is 28.1 Å². The zero-order valence-electron chi connectivity index (χ0n) is 13.5. The second-order valence-corrected chi connectivity index (χ2v) is 6.15. The van der Waals surface area contributed by atoms with Crippen LogP contribution in [-0.2, 0) is 4.79 Å². The van der Waals surface area contributed by atoms with Gasteiger partial charge in [0.2, 0.25) is 11.8 Å². The molecule has 0 unspecified atom stereocenters. The molecule has 0 aliphatic heterocycles. The maximum absolute atomic E-state index is 11.6. The van der Waals surface area contributed by atoms with Gasteiger partial charge in [-0.1, -0.05) is 42.8 Å². The van der Waals surface area contributed by atoms with Crippen molar-refractivity contribution in [2.45, 2.75) is 13.3 Å². The van der Waals surface area contributed by atoms with Crippen LogP contribution in [0.1, 0.15) is 13.3 Å². The number of benzene rings is 3. The predicted octanol–water partition coefficient (Wildman–Crippen LogP) is 5.65. The normalized spacial score (nSPS) is 11.1. The number of hydrogen-bond acceptors (Lipinski definition) is 3. The maximum atomic E-state index is 11.6. The van der Waals surface area contributed by atoms with E-state index in [1.807, 2.05) is 61.5 Å². The molecule has 5 heteroatoms. The van der Waals surface area contributed by atoms with E-state index in [2.05, 4.69) is 10.3 Å². The van der Waals surface area contributed by atoms with Crippen molar-refractivity contribution in [3.05, 3.63) is 59.6 Å². The van der Waals surface area contributed by atoms with Gasteiger partial charge in [-0.15, -0.1) is 0 Å². The van der Waals surface area contributed by atoms with E-state index in [0.717, 1.165) is 16.3 Å². The van der Waals surface area contributed by atoms with Crippen molar-refractivity contribution in [2.75, 3.05) is 5.32 Å². The Hall–Kier alpha value is -2.85. The fourth-order valence-corrected chi connectivity index (χ4v) is 3.07. The fourth-order valence-electron chi connectivity index (χ4n) is 2.83. The van der Waals surface area contributed by atoms with Crippen molar-refractivity contribution in [1.29, 1.82) is 0 Å². The van der Waals surface area contributed by atoms with Crippen molar-refractivity contribution < 1.29 is 9.21 Å². The molecule has 124 valence electrons. The molecule has 0 fully saturated rings. The zero-order valence-corrected chi connectivity index (χ0v) is 14.3. The number of rotatable bonds is 3. The SMILES string of the molecule is CCC(=O)Nc1ccc2oc(-c3cccc4c(Cl)cccc34)nc2c1. The lowest BCUT2D eigenvalue weighted by atomic mass is 10.0. The highest BCUT2D eigenvalue weighted by Gasteiger charge is 2.13. The summed E-state index contributed by atoms with van der Waals surface area (Å²) in [5.74, 6) is 0.494. The van der Waals surface area contributed by atoms with E-state index in [0.29, 0.717) is 34.1 Å². The molecule has 25 heavy (non-hydrogen) atoms. The minimum Gasteiger partial charge on any atom is -0.436 e. The molecule has 0 saturated carbocycles. The molecule has 3 aromatic carbocycles. The number of amides is 1. The highest BCUT2D eigenvalue weighted by atomic mass is 35.5. The van der Waals surface area contributed by atoms with Gasteiger partial charge in [0.25, 0.3) is 0 Å². The Bertz CT molecular complexity index is 1100. The van der Waals surface area contributed by atoms with Crippen molar-refractivity contribution in [1.82, 2.24) is 4.98 Å². The van der Waals surface area contributed by atoms with Gasteiger partial charge in [-0.25, -0.2) is 4.98 Å². The van der Waals surface area contributed by atoms with Gasteiger partial charge < -0.3 is 9.73 Å². The molecule has 1 heterocycles. The molecular formula is C20H15ClN2O2. The van der Waals surface area contributed by atoms with Crippen molar-refractivity contribution in [2.24, 2.45) is 0 Å². The average Bonchev–Trinajstić information content (AvgIpc) is 3.04. The fraction of sp³-hybridized carbons (Fsp3) is 0.100. The molecule has 0 spiro atoms. The van der Waals surface area contributed by atoms with Crippen LogP contribution in [-0.4, -0.2) is 10.9 Å². The Morgan fingerprint density at radius 3 is 2.76 bits per heavy atom. The summed E-state index contributed by atoms with van der Waals surface area (Å²) in [4.78, 5) is 16.2. The van der Waals surface area contributed by atoms with Gasteiger partial charge >= 0.3 is 0 Å². The molecule has 1 N–H and O–H groups in total. The van der Waals surface area contributed by atoms with Crippen molar-refractivity contribution in [3.8, 4) is 11.5 Å². The van der Waals surface area contributed by atoms with E-state index in [9.17, 15) is 4.79 Å². The van der Waals surface area contributed by atoms with Crippen LogP contribution in [0.3, 0.4) is 0 Å². The molecule has 4 aromatic rings. The molecule has 1 amide bonds. The topological polar surface area (TPSA) is 55.1 Å². The zero-order chi connectivity index (χ0) is 17.4. The lowest BCUT2D eigenvalue weighted by molar-refractivity contribution is -0.115.